The van der Waals surface area contributed by atoms with Crippen LogP contribution in [0.25, 0.3) is 22.4 Å². The number of aryl methyl sites for hydroxylation is 1. The Morgan fingerprint density at radius 3 is 2.80 bits per heavy atom. The maximum atomic E-state index is 14.7. The zero-order valence-corrected chi connectivity index (χ0v) is 14.6. The molecule has 0 spiro atoms. The van der Waals surface area contributed by atoms with E-state index in [9.17, 15) is 9.18 Å². The lowest BCUT2D eigenvalue weighted by Crippen LogP contribution is -2.10. The summed E-state index contributed by atoms with van der Waals surface area (Å²) >= 11 is 5.92. The van der Waals surface area contributed by atoms with Gasteiger partial charge in [-0.2, -0.15) is 0 Å². The third-order valence-electron chi connectivity index (χ3n) is 3.69. The van der Waals surface area contributed by atoms with Gasteiger partial charge in [0.05, 0.1) is 29.7 Å². The molecule has 0 saturated carbocycles. The molecule has 6 nitrogen and oxygen atoms in total. The fourth-order valence-corrected chi connectivity index (χ4v) is 2.77. The van der Waals surface area contributed by atoms with Crippen LogP contribution >= 0.6 is 11.6 Å². The third kappa shape index (κ3) is 2.91. The lowest BCUT2D eigenvalue weighted by Gasteiger charge is -2.10. The maximum absolute atomic E-state index is 14.7. The number of hydrogen-bond acceptors (Lipinski definition) is 5. The van der Waals surface area contributed by atoms with Crippen LogP contribution < -0.4 is 4.74 Å². The summed E-state index contributed by atoms with van der Waals surface area (Å²) in [6.07, 6.45) is 1.70. The summed E-state index contributed by atoms with van der Waals surface area (Å²) in [6, 6.07) is 2.92. The molecule has 1 aromatic carbocycles. The van der Waals surface area contributed by atoms with Crippen molar-refractivity contribution in [2.75, 3.05) is 13.7 Å². The molecular weight excluding hydrogens is 349 g/mol. The van der Waals surface area contributed by atoms with Gasteiger partial charge in [0.15, 0.2) is 23.1 Å². The van der Waals surface area contributed by atoms with Crippen molar-refractivity contribution in [2.24, 2.45) is 0 Å². The van der Waals surface area contributed by atoms with E-state index >= 15 is 0 Å². The van der Waals surface area contributed by atoms with E-state index in [2.05, 4.69) is 15.0 Å². The van der Waals surface area contributed by atoms with Gasteiger partial charge in [0.2, 0.25) is 0 Å². The molecule has 0 saturated heterocycles. The lowest BCUT2D eigenvalue weighted by atomic mass is 10.1. The van der Waals surface area contributed by atoms with Crippen molar-refractivity contribution in [1.29, 1.82) is 0 Å². The number of aromatic amines is 1. The quantitative estimate of drug-likeness (QED) is 0.711. The van der Waals surface area contributed by atoms with Crippen molar-refractivity contribution in [3.63, 3.8) is 0 Å². The van der Waals surface area contributed by atoms with Gasteiger partial charge in [0, 0.05) is 6.20 Å². The van der Waals surface area contributed by atoms with Gasteiger partial charge >= 0.3 is 5.97 Å². The van der Waals surface area contributed by atoms with Crippen LogP contribution in [0.2, 0.25) is 5.02 Å². The first-order chi connectivity index (χ1) is 12.0. The monoisotopic (exact) mass is 363 g/mol. The zero-order chi connectivity index (χ0) is 18.1. The highest BCUT2D eigenvalue weighted by molar-refractivity contribution is 6.32. The van der Waals surface area contributed by atoms with Crippen LogP contribution in [0.3, 0.4) is 0 Å². The third-order valence-corrected chi connectivity index (χ3v) is 3.99. The minimum Gasteiger partial charge on any atom is -0.492 e. The smallest absolute Gasteiger partial charge is 0.357 e. The molecular formula is C17H15ClFN3O3. The first-order valence-electron chi connectivity index (χ1n) is 7.53. The summed E-state index contributed by atoms with van der Waals surface area (Å²) in [5.74, 6) is -1.37. The lowest BCUT2D eigenvalue weighted by molar-refractivity contribution is 0.0522. The Morgan fingerprint density at radius 1 is 1.36 bits per heavy atom. The Morgan fingerprint density at radius 2 is 2.12 bits per heavy atom. The summed E-state index contributed by atoms with van der Waals surface area (Å²) in [7, 11) is 1.32. The van der Waals surface area contributed by atoms with E-state index in [0.717, 1.165) is 5.56 Å². The Bertz CT molecular complexity index is 971. The van der Waals surface area contributed by atoms with Crippen molar-refractivity contribution >= 4 is 28.6 Å². The number of nitrogens with zero attached hydrogens (tertiary/aromatic N) is 2. The van der Waals surface area contributed by atoms with Crippen LogP contribution in [0, 0.1) is 12.7 Å². The largest absolute Gasteiger partial charge is 0.492 e. The molecule has 3 rings (SSSR count). The van der Waals surface area contributed by atoms with Crippen molar-refractivity contribution in [1.82, 2.24) is 15.0 Å². The van der Waals surface area contributed by atoms with Gasteiger partial charge in [0.1, 0.15) is 5.65 Å². The standard InChI is InChI=1S/C17H15ClFN3O3/c1-4-25-17(23)13-11-8(2)7-20-16(11)22-15(21-13)9-5-6-10(18)14(24-3)12(9)19/h5-7H,4H2,1-3H3,(H,20,21,22). The summed E-state index contributed by atoms with van der Waals surface area (Å²) in [5, 5.41) is 0.676. The minimum absolute atomic E-state index is 0.0323. The van der Waals surface area contributed by atoms with Crippen LogP contribution in [0.4, 0.5) is 4.39 Å². The molecule has 0 aliphatic carbocycles. The van der Waals surface area contributed by atoms with Gasteiger partial charge in [-0.25, -0.2) is 19.2 Å². The number of methoxy groups -OCH3 is 1. The highest BCUT2D eigenvalue weighted by atomic mass is 35.5. The molecule has 8 heteroatoms. The van der Waals surface area contributed by atoms with E-state index in [4.69, 9.17) is 21.1 Å². The number of rotatable bonds is 4. The van der Waals surface area contributed by atoms with E-state index in [1.54, 1.807) is 13.1 Å². The molecule has 0 fully saturated rings. The Hall–Kier alpha value is -2.67. The molecule has 0 radical (unpaired) electrons. The molecule has 0 atom stereocenters. The molecule has 25 heavy (non-hydrogen) atoms. The van der Waals surface area contributed by atoms with Crippen LogP contribution in [0.5, 0.6) is 5.75 Å². The predicted octanol–water partition coefficient (Wildman–Crippen LogP) is 3.91. The number of carbonyl (C=O) groups excluding carboxylic acids is 1. The van der Waals surface area contributed by atoms with Crippen LogP contribution in [0.15, 0.2) is 18.3 Å². The Balaban J connectivity index is 2.27. The zero-order valence-electron chi connectivity index (χ0n) is 13.8. The van der Waals surface area contributed by atoms with E-state index < -0.39 is 11.8 Å². The molecule has 0 aliphatic heterocycles. The molecule has 0 bridgehead atoms. The fraction of sp³-hybridized carbons (Fsp3) is 0.235. The predicted molar refractivity (Wildman–Crippen MR) is 91.5 cm³/mol. The van der Waals surface area contributed by atoms with Crippen LogP contribution in [-0.4, -0.2) is 34.6 Å². The minimum atomic E-state index is -0.701. The van der Waals surface area contributed by atoms with Crippen LogP contribution in [-0.2, 0) is 4.74 Å². The van der Waals surface area contributed by atoms with Gasteiger partial charge in [-0.05, 0) is 31.5 Å². The first-order valence-corrected chi connectivity index (χ1v) is 7.90. The highest BCUT2D eigenvalue weighted by Crippen LogP contribution is 2.34. The fourth-order valence-electron chi connectivity index (χ4n) is 2.55. The average Bonchev–Trinajstić information content (AvgIpc) is 2.96. The molecule has 3 aromatic rings. The highest BCUT2D eigenvalue weighted by Gasteiger charge is 2.22. The van der Waals surface area contributed by atoms with Crippen molar-refractivity contribution in [2.45, 2.75) is 13.8 Å². The number of hydrogen-bond donors (Lipinski definition) is 1. The number of carbonyl (C=O) groups is 1. The molecule has 130 valence electrons. The van der Waals surface area contributed by atoms with Gasteiger partial charge in [-0.15, -0.1) is 0 Å². The van der Waals surface area contributed by atoms with Gasteiger partial charge in [0.25, 0.3) is 0 Å². The van der Waals surface area contributed by atoms with Crippen molar-refractivity contribution in [3.05, 3.63) is 40.4 Å². The summed E-state index contributed by atoms with van der Waals surface area (Å²) in [4.78, 5) is 23.8. The number of aromatic nitrogens is 3. The number of fused-ring (bicyclic) bond motifs is 1. The number of nitrogens with one attached hydrogen (secondary N) is 1. The summed E-state index contributed by atoms with van der Waals surface area (Å²) in [5.41, 5.74) is 1.35. The van der Waals surface area contributed by atoms with Crippen molar-refractivity contribution in [3.8, 4) is 17.1 Å². The molecule has 1 N–H and O–H groups in total. The van der Waals surface area contributed by atoms with Gasteiger partial charge in [-0.3, -0.25) is 0 Å². The molecule has 0 amide bonds. The number of ether oxygens (including phenoxy) is 2. The second-order valence-electron chi connectivity index (χ2n) is 5.25. The number of esters is 1. The average molecular weight is 364 g/mol. The van der Waals surface area contributed by atoms with E-state index in [0.29, 0.717) is 11.0 Å². The molecule has 0 aliphatic rings. The SMILES string of the molecule is CCOC(=O)c1nc(-c2ccc(Cl)c(OC)c2F)nc2[nH]cc(C)c12. The number of benzene rings is 1. The van der Waals surface area contributed by atoms with Gasteiger partial charge < -0.3 is 14.5 Å². The molecule has 2 aromatic heterocycles. The molecule has 2 heterocycles. The van der Waals surface area contributed by atoms with Gasteiger partial charge in [-0.1, -0.05) is 11.6 Å². The maximum Gasteiger partial charge on any atom is 0.357 e. The second kappa shape index (κ2) is 6.68. The molecule has 0 unspecified atom stereocenters. The number of H-pyrrole nitrogens is 1. The first kappa shape index (κ1) is 17.2. The summed E-state index contributed by atoms with van der Waals surface area (Å²) in [6.45, 7) is 3.72. The van der Waals surface area contributed by atoms with Crippen molar-refractivity contribution < 1.29 is 18.7 Å². The Labute approximate surface area is 148 Å². The van der Waals surface area contributed by atoms with E-state index in [1.807, 2.05) is 6.92 Å². The Kier molecular flexibility index (Phi) is 4.59. The van der Waals surface area contributed by atoms with E-state index in [-0.39, 0.29) is 34.5 Å². The topological polar surface area (TPSA) is 77.1 Å². The number of halogens is 2. The summed E-state index contributed by atoms with van der Waals surface area (Å²) < 4.78 is 24.7. The van der Waals surface area contributed by atoms with E-state index in [1.165, 1.54) is 19.2 Å². The van der Waals surface area contributed by atoms with Crippen LogP contribution in [0.1, 0.15) is 23.0 Å². The normalized spacial score (nSPS) is 10.9. The second-order valence-corrected chi connectivity index (χ2v) is 5.66.